The van der Waals surface area contributed by atoms with Crippen molar-refractivity contribution in [3.05, 3.63) is 60.3 Å². The van der Waals surface area contributed by atoms with Crippen molar-refractivity contribution >= 4 is 17.0 Å². The molecule has 4 aromatic rings. The second kappa shape index (κ2) is 6.40. The first kappa shape index (κ1) is 15.9. The van der Waals surface area contributed by atoms with E-state index < -0.39 is 5.82 Å². The summed E-state index contributed by atoms with van der Waals surface area (Å²) in [6, 6.07) is 8.81. The highest BCUT2D eigenvalue weighted by molar-refractivity contribution is 5.77. The molecule has 0 saturated heterocycles. The van der Waals surface area contributed by atoms with E-state index in [2.05, 4.69) is 25.4 Å². The fourth-order valence-corrected chi connectivity index (χ4v) is 2.63. The van der Waals surface area contributed by atoms with Gasteiger partial charge < -0.3 is 10.1 Å². The number of anilines is 2. The zero-order valence-corrected chi connectivity index (χ0v) is 14.1. The summed E-state index contributed by atoms with van der Waals surface area (Å²) in [7, 11) is 1.55. The second-order valence-corrected chi connectivity index (χ2v) is 5.62. The summed E-state index contributed by atoms with van der Waals surface area (Å²) >= 11 is 0. The van der Waals surface area contributed by atoms with Gasteiger partial charge in [-0.2, -0.15) is 0 Å². The quantitative estimate of drug-likeness (QED) is 0.608. The third kappa shape index (κ3) is 2.81. The smallest absolute Gasteiger partial charge is 0.213 e. The van der Waals surface area contributed by atoms with Gasteiger partial charge >= 0.3 is 0 Å². The summed E-state index contributed by atoms with van der Waals surface area (Å²) in [6.45, 7) is 1.94. The predicted molar refractivity (Wildman–Crippen MR) is 95.0 cm³/mol. The zero-order valence-electron chi connectivity index (χ0n) is 14.1. The van der Waals surface area contributed by atoms with Gasteiger partial charge in [-0.15, -0.1) is 5.10 Å². The first-order chi connectivity index (χ1) is 12.7. The van der Waals surface area contributed by atoms with Crippen LogP contribution in [0.3, 0.4) is 0 Å². The van der Waals surface area contributed by atoms with Crippen molar-refractivity contribution in [1.82, 2.24) is 24.6 Å². The number of nitrogens with zero attached hydrogens (tertiary/aromatic N) is 5. The Balaban J connectivity index is 1.87. The van der Waals surface area contributed by atoms with E-state index in [9.17, 15) is 4.39 Å². The Morgan fingerprint density at radius 1 is 1.15 bits per heavy atom. The molecule has 4 rings (SSSR count). The standard InChI is InChI=1S/C18H15FN6O/c1-11-7-9-25-16(11)18(22-13-6-8-20-10-12(13)19)23-17(24-25)14-4-3-5-15(21-14)26-2/h3-10H,1-2H3,(H,20,22,23,24). The van der Waals surface area contributed by atoms with Crippen LogP contribution in [-0.2, 0) is 0 Å². The van der Waals surface area contributed by atoms with E-state index in [1.54, 1.807) is 29.8 Å². The van der Waals surface area contributed by atoms with Crippen molar-refractivity contribution in [2.24, 2.45) is 0 Å². The van der Waals surface area contributed by atoms with Gasteiger partial charge in [-0.3, -0.25) is 4.98 Å². The Bertz CT molecular complexity index is 1090. The highest BCUT2D eigenvalue weighted by Gasteiger charge is 2.14. The minimum Gasteiger partial charge on any atom is -0.481 e. The van der Waals surface area contributed by atoms with E-state index in [0.29, 0.717) is 23.2 Å². The number of nitrogens with one attached hydrogen (secondary N) is 1. The lowest BCUT2D eigenvalue weighted by Gasteiger charge is -2.11. The van der Waals surface area contributed by atoms with Crippen LogP contribution >= 0.6 is 0 Å². The second-order valence-electron chi connectivity index (χ2n) is 5.62. The molecule has 0 atom stereocenters. The van der Waals surface area contributed by atoms with Gasteiger partial charge in [-0.25, -0.2) is 18.9 Å². The van der Waals surface area contributed by atoms with E-state index >= 15 is 0 Å². The van der Waals surface area contributed by atoms with Crippen molar-refractivity contribution in [2.45, 2.75) is 6.92 Å². The fraction of sp³-hybridized carbons (Fsp3) is 0.111. The highest BCUT2D eigenvalue weighted by Crippen LogP contribution is 2.26. The molecule has 0 spiro atoms. The molecule has 0 unspecified atom stereocenters. The third-order valence-electron chi connectivity index (χ3n) is 3.90. The first-order valence-electron chi connectivity index (χ1n) is 7.89. The Labute approximate surface area is 148 Å². The molecule has 7 nitrogen and oxygen atoms in total. The number of rotatable bonds is 4. The Morgan fingerprint density at radius 2 is 2.04 bits per heavy atom. The molecule has 0 aliphatic rings. The molecule has 0 radical (unpaired) electrons. The van der Waals surface area contributed by atoms with Gasteiger partial charge in [-0.1, -0.05) is 6.07 Å². The lowest BCUT2D eigenvalue weighted by molar-refractivity contribution is 0.398. The van der Waals surface area contributed by atoms with Crippen LogP contribution in [0, 0.1) is 12.7 Å². The molecular formula is C18H15FN6O. The maximum absolute atomic E-state index is 14.0. The lowest BCUT2D eigenvalue weighted by Crippen LogP contribution is -2.05. The summed E-state index contributed by atoms with van der Waals surface area (Å²) in [4.78, 5) is 12.7. The highest BCUT2D eigenvalue weighted by atomic mass is 19.1. The average Bonchev–Trinajstić information content (AvgIpc) is 3.05. The van der Waals surface area contributed by atoms with E-state index in [0.717, 1.165) is 17.3 Å². The SMILES string of the molecule is COc1cccc(-c2nc(Nc3ccncc3F)c3c(C)ccn3n2)n1. The topological polar surface area (TPSA) is 77.2 Å². The van der Waals surface area contributed by atoms with Crippen molar-refractivity contribution in [3.63, 3.8) is 0 Å². The molecule has 0 aromatic carbocycles. The average molecular weight is 350 g/mol. The molecule has 130 valence electrons. The number of aromatic nitrogens is 5. The monoisotopic (exact) mass is 350 g/mol. The van der Waals surface area contributed by atoms with Gasteiger partial charge in [0.15, 0.2) is 11.6 Å². The minimum atomic E-state index is -0.463. The van der Waals surface area contributed by atoms with E-state index in [1.165, 1.54) is 6.20 Å². The van der Waals surface area contributed by atoms with Gasteiger partial charge in [0.1, 0.15) is 11.2 Å². The summed E-state index contributed by atoms with van der Waals surface area (Å²) < 4.78 is 20.9. The summed E-state index contributed by atoms with van der Waals surface area (Å²) in [6.07, 6.45) is 4.49. The van der Waals surface area contributed by atoms with Crippen molar-refractivity contribution in [2.75, 3.05) is 12.4 Å². The van der Waals surface area contributed by atoms with Crippen LogP contribution in [0.15, 0.2) is 48.9 Å². The summed E-state index contributed by atoms with van der Waals surface area (Å²) in [5.41, 5.74) is 2.56. The zero-order chi connectivity index (χ0) is 18.1. The lowest BCUT2D eigenvalue weighted by atomic mass is 10.3. The largest absolute Gasteiger partial charge is 0.481 e. The molecule has 0 aliphatic carbocycles. The molecule has 0 saturated carbocycles. The molecule has 0 fully saturated rings. The number of hydrogen-bond donors (Lipinski definition) is 1. The van der Waals surface area contributed by atoms with E-state index in [4.69, 9.17) is 4.74 Å². The van der Waals surface area contributed by atoms with Crippen LogP contribution in [-0.4, -0.2) is 31.7 Å². The molecule has 8 heteroatoms. The molecule has 26 heavy (non-hydrogen) atoms. The molecule has 0 aliphatic heterocycles. The van der Waals surface area contributed by atoms with Gasteiger partial charge in [0.25, 0.3) is 0 Å². The normalized spacial score (nSPS) is 10.9. The number of pyridine rings is 2. The molecule has 4 heterocycles. The number of fused-ring (bicyclic) bond motifs is 1. The summed E-state index contributed by atoms with van der Waals surface area (Å²) in [5.74, 6) is 0.871. The number of hydrogen-bond acceptors (Lipinski definition) is 6. The summed E-state index contributed by atoms with van der Waals surface area (Å²) in [5, 5.41) is 7.54. The molecule has 0 bridgehead atoms. The van der Waals surface area contributed by atoms with Gasteiger partial charge in [0, 0.05) is 18.5 Å². The van der Waals surface area contributed by atoms with Crippen molar-refractivity contribution < 1.29 is 9.13 Å². The number of halogens is 1. The van der Waals surface area contributed by atoms with Crippen LogP contribution in [0.25, 0.3) is 17.0 Å². The van der Waals surface area contributed by atoms with E-state index in [-0.39, 0.29) is 5.69 Å². The molecular weight excluding hydrogens is 335 g/mol. The van der Waals surface area contributed by atoms with Crippen LogP contribution < -0.4 is 10.1 Å². The maximum Gasteiger partial charge on any atom is 0.213 e. The van der Waals surface area contributed by atoms with Gasteiger partial charge in [-0.05, 0) is 30.7 Å². The van der Waals surface area contributed by atoms with Crippen molar-refractivity contribution in [3.8, 4) is 17.4 Å². The Hall–Kier alpha value is -3.55. The number of methoxy groups -OCH3 is 1. The van der Waals surface area contributed by atoms with Crippen LogP contribution in [0.5, 0.6) is 5.88 Å². The Morgan fingerprint density at radius 3 is 2.85 bits per heavy atom. The maximum atomic E-state index is 14.0. The van der Waals surface area contributed by atoms with Gasteiger partial charge in [0.05, 0.1) is 19.0 Å². The third-order valence-corrected chi connectivity index (χ3v) is 3.90. The predicted octanol–water partition coefficient (Wildman–Crippen LogP) is 3.39. The van der Waals surface area contributed by atoms with E-state index in [1.807, 2.05) is 25.3 Å². The fourth-order valence-electron chi connectivity index (χ4n) is 2.63. The minimum absolute atomic E-state index is 0.283. The Kier molecular flexibility index (Phi) is 3.92. The van der Waals surface area contributed by atoms with Crippen LogP contribution in [0.1, 0.15) is 5.56 Å². The molecule has 4 aromatic heterocycles. The number of aryl methyl sites for hydroxylation is 1. The van der Waals surface area contributed by atoms with Crippen molar-refractivity contribution in [1.29, 1.82) is 0 Å². The molecule has 1 N–H and O–H groups in total. The van der Waals surface area contributed by atoms with Gasteiger partial charge in [0.2, 0.25) is 11.7 Å². The van der Waals surface area contributed by atoms with Crippen LogP contribution in [0.4, 0.5) is 15.9 Å². The first-order valence-corrected chi connectivity index (χ1v) is 7.89. The number of ether oxygens (including phenoxy) is 1. The molecule has 0 amide bonds. The van der Waals surface area contributed by atoms with Crippen LogP contribution in [0.2, 0.25) is 0 Å².